The number of nitrogens with zero attached hydrogens (tertiary/aromatic N) is 2. The lowest BCUT2D eigenvalue weighted by Crippen LogP contribution is -2.06. The Balaban J connectivity index is 2.90. The van der Waals surface area contributed by atoms with E-state index in [9.17, 15) is 0 Å². The summed E-state index contributed by atoms with van der Waals surface area (Å²) in [5.41, 5.74) is 1.01. The average Bonchev–Trinajstić information content (AvgIpc) is 2.22. The highest BCUT2D eigenvalue weighted by atomic mass is 79.9. The quantitative estimate of drug-likeness (QED) is 0.893. The first-order chi connectivity index (χ1) is 7.19. The van der Waals surface area contributed by atoms with Crippen molar-refractivity contribution in [2.75, 3.05) is 11.9 Å². The number of aryl methyl sites for hydroxylation is 2. The Morgan fingerprint density at radius 1 is 1.27 bits per heavy atom. The van der Waals surface area contributed by atoms with Crippen molar-refractivity contribution in [3.8, 4) is 0 Å². The van der Waals surface area contributed by atoms with E-state index in [1.54, 1.807) is 0 Å². The Hall–Kier alpha value is -0.640. The van der Waals surface area contributed by atoms with Crippen LogP contribution in [0.25, 0.3) is 0 Å². The van der Waals surface area contributed by atoms with Gasteiger partial charge in [-0.3, -0.25) is 0 Å². The molecule has 1 rings (SSSR count). The van der Waals surface area contributed by atoms with Gasteiger partial charge in [-0.15, -0.1) is 0 Å². The zero-order chi connectivity index (χ0) is 11.3. The Morgan fingerprint density at radius 3 is 2.60 bits per heavy atom. The van der Waals surface area contributed by atoms with Gasteiger partial charge in [0.05, 0.1) is 10.2 Å². The molecule has 0 aromatic carbocycles. The number of halogens is 1. The van der Waals surface area contributed by atoms with E-state index in [0.717, 1.165) is 41.2 Å². The molecule has 0 fully saturated rings. The maximum absolute atomic E-state index is 4.49. The van der Waals surface area contributed by atoms with Gasteiger partial charge in [0.1, 0.15) is 11.6 Å². The fraction of sp³-hybridized carbons (Fsp3) is 0.636. The monoisotopic (exact) mass is 271 g/mol. The highest BCUT2D eigenvalue weighted by Gasteiger charge is 2.07. The third-order valence-electron chi connectivity index (χ3n) is 2.16. The van der Waals surface area contributed by atoms with Crippen molar-refractivity contribution in [2.45, 2.75) is 40.0 Å². The summed E-state index contributed by atoms with van der Waals surface area (Å²) < 4.78 is 0.976. The first kappa shape index (κ1) is 12.4. The summed E-state index contributed by atoms with van der Waals surface area (Å²) in [5, 5.41) is 3.24. The molecule has 0 atom stereocenters. The molecule has 0 unspecified atom stereocenters. The van der Waals surface area contributed by atoms with Crippen molar-refractivity contribution < 1.29 is 0 Å². The third-order valence-corrected chi connectivity index (χ3v) is 3.11. The van der Waals surface area contributed by atoms with E-state index >= 15 is 0 Å². The van der Waals surface area contributed by atoms with Gasteiger partial charge >= 0.3 is 0 Å². The number of nitrogens with one attached hydrogen (secondary N) is 1. The van der Waals surface area contributed by atoms with E-state index in [2.05, 4.69) is 45.1 Å². The Kier molecular flexibility index (Phi) is 5.02. The molecule has 84 valence electrons. The summed E-state index contributed by atoms with van der Waals surface area (Å²) in [4.78, 5) is 8.95. The van der Waals surface area contributed by atoms with E-state index in [0.29, 0.717) is 0 Å². The molecule has 0 bridgehead atoms. The molecule has 1 heterocycles. The van der Waals surface area contributed by atoms with E-state index < -0.39 is 0 Å². The van der Waals surface area contributed by atoms with Crippen molar-refractivity contribution in [3.63, 3.8) is 0 Å². The van der Waals surface area contributed by atoms with E-state index in [1.165, 1.54) is 6.42 Å². The predicted molar refractivity (Wildman–Crippen MR) is 67.2 cm³/mol. The van der Waals surface area contributed by atoms with Crippen LogP contribution < -0.4 is 5.32 Å². The molecule has 0 saturated heterocycles. The van der Waals surface area contributed by atoms with Crippen LogP contribution in [0.3, 0.4) is 0 Å². The molecular formula is C11H18BrN3. The van der Waals surface area contributed by atoms with Gasteiger partial charge in [0.2, 0.25) is 0 Å². The van der Waals surface area contributed by atoms with Crippen LogP contribution in [-0.4, -0.2) is 16.5 Å². The van der Waals surface area contributed by atoms with Crippen LogP contribution in [0.5, 0.6) is 0 Å². The topological polar surface area (TPSA) is 37.8 Å². The molecule has 0 saturated carbocycles. The normalized spacial score (nSPS) is 10.4. The van der Waals surface area contributed by atoms with Crippen molar-refractivity contribution in [2.24, 2.45) is 0 Å². The first-order valence-corrected chi connectivity index (χ1v) is 6.25. The van der Waals surface area contributed by atoms with Crippen LogP contribution >= 0.6 is 15.9 Å². The fourth-order valence-electron chi connectivity index (χ4n) is 1.35. The first-order valence-electron chi connectivity index (χ1n) is 5.45. The lowest BCUT2D eigenvalue weighted by Gasteiger charge is -2.09. The molecule has 1 aromatic rings. The van der Waals surface area contributed by atoms with Gasteiger partial charge < -0.3 is 5.32 Å². The standard InChI is InChI=1S/C11H18BrN3/c1-4-6-7-9-14-8(3)10(12)11(15-9)13-5-2/h4-7H2,1-3H3,(H,13,14,15). The smallest absolute Gasteiger partial charge is 0.144 e. The summed E-state index contributed by atoms with van der Waals surface area (Å²) in [5.74, 6) is 1.85. The van der Waals surface area contributed by atoms with Gasteiger partial charge in [0, 0.05) is 13.0 Å². The van der Waals surface area contributed by atoms with Crippen molar-refractivity contribution in [1.29, 1.82) is 0 Å². The summed E-state index contributed by atoms with van der Waals surface area (Å²) in [6.07, 6.45) is 3.28. The molecule has 0 aliphatic carbocycles. The van der Waals surface area contributed by atoms with Crippen LogP contribution in [0.4, 0.5) is 5.82 Å². The van der Waals surface area contributed by atoms with Gasteiger partial charge in [0.25, 0.3) is 0 Å². The molecule has 4 heteroatoms. The Labute approximate surface area is 99.8 Å². The number of hydrogen-bond acceptors (Lipinski definition) is 3. The molecule has 0 aliphatic heterocycles. The lowest BCUT2D eigenvalue weighted by molar-refractivity contribution is 0.747. The van der Waals surface area contributed by atoms with Gasteiger partial charge in [-0.25, -0.2) is 9.97 Å². The number of unbranched alkanes of at least 4 members (excludes halogenated alkanes) is 1. The van der Waals surface area contributed by atoms with Crippen LogP contribution in [0.2, 0.25) is 0 Å². The Bertz CT molecular complexity index is 326. The number of hydrogen-bond donors (Lipinski definition) is 1. The minimum atomic E-state index is 0.877. The molecule has 1 N–H and O–H groups in total. The van der Waals surface area contributed by atoms with Gasteiger partial charge in [0.15, 0.2) is 0 Å². The van der Waals surface area contributed by atoms with Crippen molar-refractivity contribution in [3.05, 3.63) is 16.0 Å². The van der Waals surface area contributed by atoms with E-state index in [1.807, 2.05) is 6.92 Å². The molecule has 1 aromatic heterocycles. The Morgan fingerprint density at radius 2 is 2.00 bits per heavy atom. The van der Waals surface area contributed by atoms with E-state index in [-0.39, 0.29) is 0 Å². The third kappa shape index (κ3) is 3.45. The SMILES string of the molecule is CCCCc1nc(C)c(Br)c(NCC)n1. The zero-order valence-corrected chi connectivity index (χ0v) is 11.2. The van der Waals surface area contributed by atoms with Crippen LogP contribution in [-0.2, 0) is 6.42 Å². The minimum absolute atomic E-state index is 0.877. The molecule has 3 nitrogen and oxygen atoms in total. The summed E-state index contributed by atoms with van der Waals surface area (Å²) >= 11 is 3.50. The summed E-state index contributed by atoms with van der Waals surface area (Å²) in [6.45, 7) is 7.12. The van der Waals surface area contributed by atoms with Gasteiger partial charge in [-0.05, 0) is 36.2 Å². The molecule has 0 amide bonds. The molecule has 0 radical (unpaired) electrons. The molecule has 0 spiro atoms. The second kappa shape index (κ2) is 6.05. The highest BCUT2D eigenvalue weighted by molar-refractivity contribution is 9.10. The van der Waals surface area contributed by atoms with E-state index in [4.69, 9.17) is 0 Å². The second-order valence-corrected chi connectivity index (χ2v) is 4.31. The second-order valence-electron chi connectivity index (χ2n) is 3.52. The van der Waals surface area contributed by atoms with Crippen molar-refractivity contribution in [1.82, 2.24) is 9.97 Å². The molecular weight excluding hydrogens is 254 g/mol. The number of anilines is 1. The lowest BCUT2D eigenvalue weighted by atomic mass is 10.2. The molecule has 0 aliphatic rings. The summed E-state index contributed by atoms with van der Waals surface area (Å²) in [7, 11) is 0. The highest BCUT2D eigenvalue weighted by Crippen LogP contribution is 2.23. The largest absolute Gasteiger partial charge is 0.369 e. The van der Waals surface area contributed by atoms with Crippen LogP contribution in [0, 0.1) is 6.92 Å². The average molecular weight is 272 g/mol. The minimum Gasteiger partial charge on any atom is -0.369 e. The zero-order valence-electron chi connectivity index (χ0n) is 9.60. The van der Waals surface area contributed by atoms with Crippen molar-refractivity contribution >= 4 is 21.7 Å². The fourth-order valence-corrected chi connectivity index (χ4v) is 1.67. The predicted octanol–water partition coefficient (Wildman–Crippen LogP) is 3.32. The maximum Gasteiger partial charge on any atom is 0.144 e. The van der Waals surface area contributed by atoms with Gasteiger partial charge in [-0.1, -0.05) is 13.3 Å². The number of rotatable bonds is 5. The van der Waals surface area contributed by atoms with Crippen LogP contribution in [0.1, 0.15) is 38.2 Å². The van der Waals surface area contributed by atoms with Crippen LogP contribution in [0.15, 0.2) is 4.47 Å². The van der Waals surface area contributed by atoms with Gasteiger partial charge in [-0.2, -0.15) is 0 Å². The summed E-state index contributed by atoms with van der Waals surface area (Å²) in [6, 6.07) is 0. The molecule has 15 heavy (non-hydrogen) atoms. The maximum atomic E-state index is 4.49. The number of aromatic nitrogens is 2.